The molecule has 0 aliphatic heterocycles. The summed E-state index contributed by atoms with van der Waals surface area (Å²) in [5, 5.41) is 3.12. The first-order valence-corrected chi connectivity index (χ1v) is 6.93. The highest BCUT2D eigenvalue weighted by molar-refractivity contribution is 7.91. The summed E-state index contributed by atoms with van der Waals surface area (Å²) in [5.41, 5.74) is 0. The highest BCUT2D eigenvalue weighted by Crippen LogP contribution is 1.86. The molecule has 0 rings (SSSR count). The van der Waals surface area contributed by atoms with E-state index in [9.17, 15) is 8.42 Å². The molecule has 0 spiro atoms. The number of nitrogens with zero attached hydrogens (tertiary/aromatic N) is 1. The summed E-state index contributed by atoms with van der Waals surface area (Å²) < 4.78 is 22.2. The van der Waals surface area contributed by atoms with Gasteiger partial charge in [0.1, 0.15) is 0 Å². The molecule has 5 heteroatoms. The van der Waals surface area contributed by atoms with Gasteiger partial charge in [-0.1, -0.05) is 13.8 Å². The number of sulfone groups is 1. The van der Waals surface area contributed by atoms with E-state index in [1.165, 1.54) is 0 Å². The lowest BCUT2D eigenvalue weighted by Gasteiger charge is -2.13. The van der Waals surface area contributed by atoms with Gasteiger partial charge in [-0.15, -0.1) is 0 Å². The lowest BCUT2D eigenvalue weighted by Crippen LogP contribution is -2.32. The van der Waals surface area contributed by atoms with Crippen LogP contribution in [0.25, 0.3) is 0 Å². The fourth-order valence-corrected chi connectivity index (χ4v) is 1.67. The zero-order chi connectivity index (χ0) is 11.0. The molecule has 86 valence electrons. The summed E-state index contributed by atoms with van der Waals surface area (Å²) in [4.78, 5) is 2.18. The van der Waals surface area contributed by atoms with Crippen LogP contribution in [0.15, 0.2) is 0 Å². The minimum atomic E-state index is -2.80. The van der Waals surface area contributed by atoms with Crippen molar-refractivity contribution in [3.8, 4) is 0 Å². The maximum Gasteiger partial charge on any atom is 0.151 e. The van der Waals surface area contributed by atoms with Crippen molar-refractivity contribution in [1.82, 2.24) is 10.2 Å². The van der Waals surface area contributed by atoms with Gasteiger partial charge in [0, 0.05) is 25.4 Å². The van der Waals surface area contributed by atoms with Crippen LogP contribution in [0.5, 0.6) is 0 Å². The van der Waals surface area contributed by atoms with Crippen molar-refractivity contribution in [2.75, 3.05) is 44.7 Å². The van der Waals surface area contributed by atoms with Crippen LogP contribution in [0, 0.1) is 0 Å². The average Bonchev–Trinajstić information content (AvgIpc) is 2.17. The molecule has 1 N–H and O–H groups in total. The summed E-state index contributed by atoms with van der Waals surface area (Å²) in [6.45, 7) is 7.18. The van der Waals surface area contributed by atoms with Crippen molar-refractivity contribution in [1.29, 1.82) is 0 Å². The first kappa shape index (κ1) is 13.9. The van der Waals surface area contributed by atoms with Crippen molar-refractivity contribution in [2.45, 2.75) is 13.8 Å². The molecule has 0 atom stereocenters. The van der Waals surface area contributed by atoms with Crippen LogP contribution < -0.4 is 5.32 Å². The van der Waals surface area contributed by atoms with Crippen molar-refractivity contribution >= 4 is 9.84 Å². The Kier molecular flexibility index (Phi) is 7.13. The topological polar surface area (TPSA) is 49.4 Å². The second-order valence-electron chi connectivity index (χ2n) is 3.38. The monoisotopic (exact) mass is 222 g/mol. The number of hydrogen-bond acceptors (Lipinski definition) is 4. The van der Waals surface area contributed by atoms with Gasteiger partial charge in [-0.2, -0.15) is 0 Å². The predicted molar refractivity (Wildman–Crippen MR) is 60.4 cm³/mol. The van der Waals surface area contributed by atoms with E-state index in [0.29, 0.717) is 6.54 Å². The molecule has 0 aromatic rings. The van der Waals surface area contributed by atoms with Gasteiger partial charge in [0.05, 0.1) is 5.75 Å². The van der Waals surface area contributed by atoms with Crippen molar-refractivity contribution in [3.63, 3.8) is 0 Å². The Balaban J connectivity index is 3.39. The van der Waals surface area contributed by atoms with Gasteiger partial charge in [0.25, 0.3) is 0 Å². The number of rotatable bonds is 8. The summed E-state index contributed by atoms with van der Waals surface area (Å²) in [5.74, 6) is 0.489. The molecule has 0 aliphatic carbocycles. The van der Waals surface area contributed by atoms with Crippen molar-refractivity contribution < 1.29 is 8.42 Å². The van der Waals surface area contributed by atoms with Crippen LogP contribution in [0.1, 0.15) is 13.8 Å². The lowest BCUT2D eigenvalue weighted by molar-refractivity contribution is 0.351. The smallest absolute Gasteiger partial charge is 0.151 e. The molecule has 0 saturated carbocycles. The predicted octanol–water partition coefficient (Wildman–Crippen LogP) is -0.0376. The molecular weight excluding hydrogens is 200 g/mol. The third-order valence-corrected chi connectivity index (χ3v) is 3.95. The van der Waals surface area contributed by atoms with Gasteiger partial charge in [0.15, 0.2) is 9.84 Å². The van der Waals surface area contributed by atoms with Crippen LogP contribution in [-0.4, -0.2) is 58.1 Å². The average molecular weight is 222 g/mol. The number of likely N-dealkylation sites (N-methyl/N-ethyl adjacent to an activating group) is 1. The maximum absolute atomic E-state index is 11.1. The fourth-order valence-electron chi connectivity index (χ4n) is 0.925. The van der Waals surface area contributed by atoms with Crippen molar-refractivity contribution in [3.05, 3.63) is 0 Å². The molecule has 0 aromatic carbocycles. The van der Waals surface area contributed by atoms with Crippen LogP contribution >= 0.6 is 0 Å². The molecule has 0 bridgehead atoms. The Morgan fingerprint density at radius 3 is 2.36 bits per heavy atom. The Morgan fingerprint density at radius 1 is 1.21 bits per heavy atom. The first-order chi connectivity index (χ1) is 6.52. The van der Waals surface area contributed by atoms with Crippen LogP contribution in [-0.2, 0) is 9.84 Å². The molecule has 14 heavy (non-hydrogen) atoms. The Labute approximate surface area is 87.6 Å². The second kappa shape index (κ2) is 7.20. The first-order valence-electron chi connectivity index (χ1n) is 5.11. The molecule has 4 nitrogen and oxygen atoms in total. The molecule has 0 aliphatic rings. The summed E-state index contributed by atoms with van der Waals surface area (Å²) in [6, 6.07) is 0. The van der Waals surface area contributed by atoms with E-state index in [0.717, 1.165) is 19.6 Å². The van der Waals surface area contributed by atoms with Gasteiger partial charge in [0.2, 0.25) is 0 Å². The standard InChI is InChI=1S/C9H22N2O2S/c1-4-11(3)8-6-10-7-9-14(12,13)5-2/h10H,4-9H2,1-3H3. The summed E-state index contributed by atoms with van der Waals surface area (Å²) in [7, 11) is -0.756. The molecule has 0 fully saturated rings. The molecule has 0 heterocycles. The Bertz CT molecular complexity index is 227. The van der Waals surface area contributed by atoms with Gasteiger partial charge >= 0.3 is 0 Å². The van der Waals surface area contributed by atoms with E-state index in [4.69, 9.17) is 0 Å². The molecular formula is C9H22N2O2S. The third-order valence-electron chi connectivity index (χ3n) is 2.24. The summed E-state index contributed by atoms with van der Waals surface area (Å²) in [6.07, 6.45) is 0. The third kappa shape index (κ3) is 7.29. The highest BCUT2D eigenvalue weighted by atomic mass is 32.2. The Morgan fingerprint density at radius 2 is 1.86 bits per heavy atom. The highest BCUT2D eigenvalue weighted by Gasteiger charge is 2.05. The normalized spacial score (nSPS) is 12.3. The maximum atomic E-state index is 11.1. The Hall–Kier alpha value is -0.130. The zero-order valence-electron chi connectivity index (χ0n) is 9.41. The SMILES string of the molecule is CCN(C)CCNCCS(=O)(=O)CC. The largest absolute Gasteiger partial charge is 0.314 e. The van der Waals surface area contributed by atoms with Gasteiger partial charge in [-0.05, 0) is 13.6 Å². The zero-order valence-corrected chi connectivity index (χ0v) is 10.2. The fraction of sp³-hybridized carbons (Fsp3) is 1.00. The number of hydrogen-bond donors (Lipinski definition) is 1. The molecule has 0 saturated heterocycles. The molecule has 0 radical (unpaired) electrons. The molecule has 0 unspecified atom stereocenters. The van der Waals surface area contributed by atoms with E-state index in [1.54, 1.807) is 6.92 Å². The van der Waals surface area contributed by atoms with E-state index >= 15 is 0 Å². The number of nitrogens with one attached hydrogen (secondary N) is 1. The van der Waals surface area contributed by atoms with Crippen LogP contribution in [0.2, 0.25) is 0 Å². The van der Waals surface area contributed by atoms with E-state index < -0.39 is 9.84 Å². The quantitative estimate of drug-likeness (QED) is 0.586. The van der Waals surface area contributed by atoms with Crippen LogP contribution in [0.3, 0.4) is 0 Å². The van der Waals surface area contributed by atoms with Gasteiger partial charge < -0.3 is 10.2 Å². The van der Waals surface area contributed by atoms with Gasteiger partial charge in [-0.25, -0.2) is 8.42 Å². The van der Waals surface area contributed by atoms with Gasteiger partial charge in [-0.3, -0.25) is 0 Å². The lowest BCUT2D eigenvalue weighted by atomic mass is 10.5. The summed E-state index contributed by atoms with van der Waals surface area (Å²) >= 11 is 0. The van der Waals surface area contributed by atoms with E-state index in [2.05, 4.69) is 17.1 Å². The van der Waals surface area contributed by atoms with E-state index in [1.807, 2.05) is 7.05 Å². The van der Waals surface area contributed by atoms with E-state index in [-0.39, 0.29) is 11.5 Å². The molecule has 0 amide bonds. The minimum absolute atomic E-state index is 0.240. The van der Waals surface area contributed by atoms with Crippen LogP contribution in [0.4, 0.5) is 0 Å². The van der Waals surface area contributed by atoms with Crippen molar-refractivity contribution in [2.24, 2.45) is 0 Å². The molecule has 0 aromatic heterocycles. The second-order valence-corrected chi connectivity index (χ2v) is 5.86. The minimum Gasteiger partial charge on any atom is -0.314 e.